The van der Waals surface area contributed by atoms with Crippen LogP contribution in [-0.2, 0) is 6.54 Å². The van der Waals surface area contributed by atoms with Gasteiger partial charge in [-0.05, 0) is 48.9 Å². The lowest BCUT2D eigenvalue weighted by Gasteiger charge is -2.07. The summed E-state index contributed by atoms with van der Waals surface area (Å²) in [5.74, 6) is 0.361. The third-order valence-corrected chi connectivity index (χ3v) is 4.77. The summed E-state index contributed by atoms with van der Waals surface area (Å²) in [6.45, 7) is 2.15. The maximum atomic E-state index is 12.8. The molecule has 1 N–H and O–H groups in total. The SMILES string of the molecule is Cc1c(Cl)cccc1N=c1oc2ccccc2cc1C(=O)NCc1ccco1. The second-order valence-electron chi connectivity index (χ2n) is 6.26. The van der Waals surface area contributed by atoms with Crippen LogP contribution in [0.3, 0.4) is 0 Å². The Morgan fingerprint density at radius 3 is 2.79 bits per heavy atom. The zero-order valence-corrected chi connectivity index (χ0v) is 15.9. The van der Waals surface area contributed by atoms with Gasteiger partial charge in [0.25, 0.3) is 5.91 Å². The molecule has 0 radical (unpaired) electrons. The van der Waals surface area contributed by atoms with Crippen LogP contribution in [0.5, 0.6) is 0 Å². The first-order valence-electron chi connectivity index (χ1n) is 8.75. The predicted molar refractivity (Wildman–Crippen MR) is 108 cm³/mol. The van der Waals surface area contributed by atoms with Crippen molar-refractivity contribution in [2.24, 2.45) is 4.99 Å². The van der Waals surface area contributed by atoms with Crippen molar-refractivity contribution in [1.82, 2.24) is 5.32 Å². The summed E-state index contributed by atoms with van der Waals surface area (Å²) < 4.78 is 11.2. The van der Waals surface area contributed by atoms with Crippen LogP contribution in [0.25, 0.3) is 11.0 Å². The molecular formula is C22H17ClN2O3. The highest BCUT2D eigenvalue weighted by Gasteiger charge is 2.13. The Hall–Kier alpha value is -3.31. The monoisotopic (exact) mass is 392 g/mol. The Kier molecular flexibility index (Phi) is 5.00. The number of hydrogen-bond donors (Lipinski definition) is 1. The summed E-state index contributed by atoms with van der Waals surface area (Å²) in [4.78, 5) is 17.4. The van der Waals surface area contributed by atoms with Gasteiger partial charge in [0.05, 0.1) is 18.5 Å². The van der Waals surface area contributed by atoms with E-state index in [0.717, 1.165) is 10.9 Å². The van der Waals surface area contributed by atoms with E-state index in [0.29, 0.717) is 27.6 Å². The predicted octanol–water partition coefficient (Wildman–Crippen LogP) is 5.15. The fraction of sp³-hybridized carbons (Fsp3) is 0.0909. The molecule has 140 valence electrons. The van der Waals surface area contributed by atoms with Crippen LogP contribution in [0.2, 0.25) is 5.02 Å². The number of halogens is 1. The molecule has 0 unspecified atom stereocenters. The second kappa shape index (κ2) is 7.74. The van der Waals surface area contributed by atoms with E-state index < -0.39 is 0 Å². The summed E-state index contributed by atoms with van der Waals surface area (Å²) in [6.07, 6.45) is 1.57. The van der Waals surface area contributed by atoms with Gasteiger partial charge in [0, 0.05) is 10.4 Å². The molecule has 0 saturated carbocycles. The molecule has 0 bridgehead atoms. The number of carbonyl (C=O) groups excluding carboxylic acids is 1. The van der Waals surface area contributed by atoms with Crippen LogP contribution in [0.15, 0.2) is 80.8 Å². The minimum absolute atomic E-state index is 0.223. The fourth-order valence-electron chi connectivity index (χ4n) is 2.82. The number of amides is 1. The smallest absolute Gasteiger partial charge is 0.257 e. The first-order chi connectivity index (χ1) is 13.6. The van der Waals surface area contributed by atoms with E-state index in [1.165, 1.54) is 0 Å². The van der Waals surface area contributed by atoms with E-state index in [1.54, 1.807) is 30.5 Å². The summed E-state index contributed by atoms with van der Waals surface area (Å²) in [5.41, 5.74) is 2.66. The van der Waals surface area contributed by atoms with Gasteiger partial charge in [-0.3, -0.25) is 4.79 Å². The topological polar surface area (TPSA) is 67.7 Å². The van der Waals surface area contributed by atoms with Crippen LogP contribution in [-0.4, -0.2) is 5.91 Å². The third kappa shape index (κ3) is 3.70. The number of nitrogens with one attached hydrogen (secondary N) is 1. The van der Waals surface area contributed by atoms with E-state index in [1.807, 2.05) is 43.3 Å². The number of nitrogens with zero attached hydrogens (tertiary/aromatic N) is 1. The zero-order valence-electron chi connectivity index (χ0n) is 15.1. The van der Waals surface area contributed by atoms with Gasteiger partial charge in [0.1, 0.15) is 16.9 Å². The molecule has 6 heteroatoms. The lowest BCUT2D eigenvalue weighted by Crippen LogP contribution is -2.28. The number of benzene rings is 2. The summed E-state index contributed by atoms with van der Waals surface area (Å²) >= 11 is 6.20. The molecule has 0 aliphatic rings. The van der Waals surface area contributed by atoms with Crippen molar-refractivity contribution in [3.05, 3.63) is 94.4 Å². The van der Waals surface area contributed by atoms with Crippen molar-refractivity contribution < 1.29 is 13.6 Å². The Labute approximate surface area is 166 Å². The molecule has 4 rings (SSSR count). The largest absolute Gasteiger partial charge is 0.467 e. The third-order valence-electron chi connectivity index (χ3n) is 4.36. The van der Waals surface area contributed by atoms with Crippen molar-refractivity contribution in [1.29, 1.82) is 0 Å². The van der Waals surface area contributed by atoms with Gasteiger partial charge in [-0.1, -0.05) is 35.9 Å². The molecule has 28 heavy (non-hydrogen) atoms. The van der Waals surface area contributed by atoms with Gasteiger partial charge in [-0.15, -0.1) is 0 Å². The van der Waals surface area contributed by atoms with Crippen molar-refractivity contribution in [3.63, 3.8) is 0 Å². The highest BCUT2D eigenvalue weighted by atomic mass is 35.5. The normalized spacial score (nSPS) is 11.7. The highest BCUT2D eigenvalue weighted by Crippen LogP contribution is 2.25. The molecule has 0 aliphatic heterocycles. The molecule has 0 aliphatic carbocycles. The number of fused-ring (bicyclic) bond motifs is 1. The van der Waals surface area contributed by atoms with Gasteiger partial charge >= 0.3 is 0 Å². The van der Waals surface area contributed by atoms with Crippen molar-refractivity contribution in [2.75, 3.05) is 0 Å². The van der Waals surface area contributed by atoms with E-state index in [9.17, 15) is 4.79 Å². The van der Waals surface area contributed by atoms with E-state index in [2.05, 4.69) is 10.3 Å². The maximum absolute atomic E-state index is 12.8. The summed E-state index contributed by atoms with van der Waals surface area (Å²) in [6, 6.07) is 18.3. The molecule has 0 atom stereocenters. The quantitative estimate of drug-likeness (QED) is 0.522. The summed E-state index contributed by atoms with van der Waals surface area (Å²) in [7, 11) is 0. The Balaban J connectivity index is 1.81. The van der Waals surface area contributed by atoms with Gasteiger partial charge in [-0.25, -0.2) is 4.99 Å². The highest BCUT2D eigenvalue weighted by molar-refractivity contribution is 6.31. The second-order valence-corrected chi connectivity index (χ2v) is 6.67. The van der Waals surface area contributed by atoms with E-state index >= 15 is 0 Å². The molecule has 1 amide bonds. The lowest BCUT2D eigenvalue weighted by atomic mass is 10.1. The van der Waals surface area contributed by atoms with Crippen LogP contribution >= 0.6 is 11.6 Å². The molecule has 0 saturated heterocycles. The van der Waals surface area contributed by atoms with Crippen LogP contribution in [0.1, 0.15) is 21.7 Å². The van der Waals surface area contributed by atoms with Crippen molar-refractivity contribution >= 4 is 34.2 Å². The molecular weight excluding hydrogens is 376 g/mol. The Bertz CT molecular complexity index is 1210. The maximum Gasteiger partial charge on any atom is 0.257 e. The average molecular weight is 393 g/mol. The molecule has 2 aromatic heterocycles. The van der Waals surface area contributed by atoms with Crippen molar-refractivity contribution in [2.45, 2.75) is 13.5 Å². The van der Waals surface area contributed by atoms with Gasteiger partial charge in [-0.2, -0.15) is 0 Å². The minimum Gasteiger partial charge on any atom is -0.467 e. The minimum atomic E-state index is -0.302. The fourth-order valence-corrected chi connectivity index (χ4v) is 2.99. The molecule has 5 nitrogen and oxygen atoms in total. The summed E-state index contributed by atoms with van der Waals surface area (Å²) in [5, 5.41) is 4.25. The molecule has 0 spiro atoms. The molecule has 4 aromatic rings. The number of carbonyl (C=O) groups is 1. The van der Waals surface area contributed by atoms with Crippen LogP contribution in [0.4, 0.5) is 5.69 Å². The average Bonchev–Trinajstić information content (AvgIpc) is 3.23. The van der Waals surface area contributed by atoms with Crippen LogP contribution < -0.4 is 10.9 Å². The Morgan fingerprint density at radius 1 is 1.11 bits per heavy atom. The number of para-hydroxylation sites is 1. The number of rotatable bonds is 4. The van der Waals surface area contributed by atoms with E-state index in [-0.39, 0.29) is 18.0 Å². The molecule has 0 fully saturated rings. The van der Waals surface area contributed by atoms with Crippen molar-refractivity contribution in [3.8, 4) is 0 Å². The standard InChI is InChI=1S/C22H17ClN2O3/c1-14-18(23)8-4-9-19(14)25-22-17(12-15-6-2-3-10-20(15)28-22)21(26)24-13-16-7-5-11-27-16/h2-12H,13H2,1H3,(H,24,26). The number of furan rings is 1. The van der Waals surface area contributed by atoms with E-state index in [4.69, 9.17) is 20.4 Å². The lowest BCUT2D eigenvalue weighted by molar-refractivity contribution is 0.0944. The van der Waals surface area contributed by atoms with Gasteiger partial charge in [0.15, 0.2) is 0 Å². The van der Waals surface area contributed by atoms with Gasteiger partial charge in [0.2, 0.25) is 5.55 Å². The molecule has 2 heterocycles. The Morgan fingerprint density at radius 2 is 1.96 bits per heavy atom. The zero-order chi connectivity index (χ0) is 19.5. The first-order valence-corrected chi connectivity index (χ1v) is 9.13. The van der Waals surface area contributed by atoms with Crippen LogP contribution in [0, 0.1) is 6.92 Å². The van der Waals surface area contributed by atoms with Gasteiger partial charge < -0.3 is 14.2 Å². The molecule has 2 aromatic carbocycles. The first kappa shape index (κ1) is 18.1. The number of hydrogen-bond acceptors (Lipinski definition) is 4.